The summed E-state index contributed by atoms with van der Waals surface area (Å²) in [5.74, 6) is -49.9. The van der Waals surface area contributed by atoms with Gasteiger partial charge in [-0.3, -0.25) is 4.18 Å². The standard InChI is InChI=1S/C11H5F19O4S/c12-3(33-1-2-34-35(31,32)11(28,29)30)4(13,14)5(15,16)6(17,18)7(19,20)8(21,22)9(23,24)10(25,26)27/h3H,1-2H2. The van der Waals surface area contributed by atoms with Crippen molar-refractivity contribution in [3.05, 3.63) is 0 Å². The van der Waals surface area contributed by atoms with Gasteiger partial charge in [-0.2, -0.15) is 87.4 Å². The van der Waals surface area contributed by atoms with Crippen LogP contribution in [0.4, 0.5) is 83.4 Å². The first kappa shape index (κ1) is 33.5. The van der Waals surface area contributed by atoms with Crippen LogP contribution in [0.25, 0.3) is 0 Å². The summed E-state index contributed by atoms with van der Waals surface area (Å²) in [5, 5.41) is 0. The highest BCUT2D eigenvalue weighted by Gasteiger charge is 2.94. The van der Waals surface area contributed by atoms with Crippen molar-refractivity contribution in [2.75, 3.05) is 13.2 Å². The van der Waals surface area contributed by atoms with Crippen LogP contribution in [0.1, 0.15) is 0 Å². The average Bonchev–Trinajstić information content (AvgIpc) is 2.62. The second-order valence-electron chi connectivity index (χ2n) is 5.90. The molecule has 0 N–H and O–H groups in total. The van der Waals surface area contributed by atoms with Crippen LogP contribution in [0.15, 0.2) is 0 Å². The van der Waals surface area contributed by atoms with Crippen LogP contribution < -0.4 is 0 Å². The van der Waals surface area contributed by atoms with Crippen molar-refractivity contribution in [1.29, 1.82) is 0 Å². The maximum absolute atomic E-state index is 13.4. The van der Waals surface area contributed by atoms with Gasteiger partial charge in [-0.25, -0.2) is 4.39 Å². The Balaban J connectivity index is 5.98. The monoisotopic (exact) mass is 594 g/mol. The molecule has 0 amide bonds. The molecule has 0 rings (SSSR count). The Hall–Kier alpha value is -1.46. The van der Waals surface area contributed by atoms with Gasteiger partial charge < -0.3 is 4.74 Å². The third-order valence-electron chi connectivity index (χ3n) is 3.51. The molecule has 212 valence electrons. The Labute approximate surface area is 179 Å². The van der Waals surface area contributed by atoms with Crippen molar-refractivity contribution in [3.8, 4) is 0 Å². The lowest BCUT2D eigenvalue weighted by Crippen LogP contribution is -2.73. The molecule has 1 atom stereocenters. The molecule has 35 heavy (non-hydrogen) atoms. The predicted octanol–water partition coefficient (Wildman–Crippen LogP) is 5.54. The topological polar surface area (TPSA) is 52.6 Å². The normalized spacial score (nSPS) is 17.0. The molecule has 4 nitrogen and oxygen atoms in total. The first-order chi connectivity index (χ1) is 14.9. The van der Waals surface area contributed by atoms with E-state index in [2.05, 4.69) is 8.92 Å². The van der Waals surface area contributed by atoms with E-state index in [-0.39, 0.29) is 0 Å². The van der Waals surface area contributed by atoms with Crippen molar-refractivity contribution >= 4 is 10.1 Å². The highest BCUT2D eigenvalue weighted by molar-refractivity contribution is 7.87. The van der Waals surface area contributed by atoms with Crippen molar-refractivity contribution in [3.63, 3.8) is 0 Å². The van der Waals surface area contributed by atoms with Gasteiger partial charge in [0.15, 0.2) is 0 Å². The molecule has 0 aromatic heterocycles. The van der Waals surface area contributed by atoms with Crippen molar-refractivity contribution in [2.45, 2.75) is 53.6 Å². The zero-order valence-electron chi connectivity index (χ0n) is 15.2. The van der Waals surface area contributed by atoms with Gasteiger partial charge in [0.05, 0.1) is 13.2 Å². The number of hydrogen-bond acceptors (Lipinski definition) is 4. The summed E-state index contributed by atoms with van der Waals surface area (Å²) in [6.45, 7) is -4.49. The van der Waals surface area contributed by atoms with Crippen LogP contribution in [-0.4, -0.2) is 75.2 Å². The highest BCUT2D eigenvalue weighted by Crippen LogP contribution is 2.62. The minimum atomic E-state index is -8.68. The van der Waals surface area contributed by atoms with Gasteiger partial charge >= 0.3 is 57.3 Å². The van der Waals surface area contributed by atoms with E-state index >= 15 is 0 Å². The molecule has 0 radical (unpaired) electrons. The Morgan fingerprint density at radius 1 is 0.543 bits per heavy atom. The molecule has 1 unspecified atom stereocenters. The van der Waals surface area contributed by atoms with Gasteiger partial charge in [-0.15, -0.1) is 0 Å². The average molecular weight is 594 g/mol. The molecule has 0 aromatic carbocycles. The predicted molar refractivity (Wildman–Crippen MR) is 67.5 cm³/mol. The highest BCUT2D eigenvalue weighted by atomic mass is 32.2. The van der Waals surface area contributed by atoms with Crippen LogP contribution in [0, 0.1) is 0 Å². The molecule has 0 spiro atoms. The molecular formula is C11H5F19O4S. The van der Waals surface area contributed by atoms with Crippen molar-refractivity contribution < 1.29 is 101 Å². The van der Waals surface area contributed by atoms with Crippen molar-refractivity contribution in [2.24, 2.45) is 0 Å². The van der Waals surface area contributed by atoms with Crippen LogP contribution in [0.5, 0.6) is 0 Å². The Bertz CT molecular complexity index is 842. The lowest BCUT2D eigenvalue weighted by Gasteiger charge is -2.41. The Morgan fingerprint density at radius 2 is 0.886 bits per heavy atom. The fourth-order valence-electron chi connectivity index (χ4n) is 1.59. The molecule has 0 bridgehead atoms. The zero-order chi connectivity index (χ0) is 28.9. The second kappa shape index (κ2) is 9.13. The lowest BCUT2D eigenvalue weighted by atomic mass is 9.91. The maximum atomic E-state index is 13.4. The van der Waals surface area contributed by atoms with E-state index in [0.717, 1.165) is 0 Å². The molecule has 0 heterocycles. The molecule has 0 aliphatic carbocycles. The largest absolute Gasteiger partial charge is 0.523 e. The zero-order valence-corrected chi connectivity index (χ0v) is 16.0. The van der Waals surface area contributed by atoms with E-state index in [4.69, 9.17) is 0 Å². The van der Waals surface area contributed by atoms with E-state index in [1.54, 1.807) is 0 Å². The summed E-state index contributed by atoms with van der Waals surface area (Å²) >= 11 is 0. The van der Waals surface area contributed by atoms with E-state index < -0.39 is 76.9 Å². The summed E-state index contributed by atoms with van der Waals surface area (Å²) in [7, 11) is -6.55. The van der Waals surface area contributed by atoms with Gasteiger partial charge in [0, 0.05) is 0 Å². The van der Waals surface area contributed by atoms with Crippen LogP contribution in [-0.2, 0) is 19.0 Å². The molecule has 0 aromatic rings. The number of ether oxygens (including phenoxy) is 1. The van der Waals surface area contributed by atoms with E-state index in [0.29, 0.717) is 0 Å². The summed E-state index contributed by atoms with van der Waals surface area (Å²) in [6, 6.07) is 0. The fourth-order valence-corrected chi connectivity index (χ4v) is 2.01. The van der Waals surface area contributed by atoms with Crippen LogP contribution >= 0.6 is 0 Å². The minimum Gasteiger partial charge on any atom is -0.341 e. The number of halogens is 19. The van der Waals surface area contributed by atoms with E-state index in [1.165, 1.54) is 0 Å². The molecule has 0 aliphatic heterocycles. The van der Waals surface area contributed by atoms with Gasteiger partial charge in [0.1, 0.15) is 0 Å². The summed E-state index contributed by atoms with van der Waals surface area (Å²) in [4.78, 5) is 0. The smallest absolute Gasteiger partial charge is 0.341 e. The van der Waals surface area contributed by atoms with E-state index in [9.17, 15) is 91.8 Å². The first-order valence-corrected chi connectivity index (χ1v) is 8.83. The number of alkyl halides is 19. The Morgan fingerprint density at radius 3 is 1.23 bits per heavy atom. The minimum absolute atomic E-state index is 2.19. The molecule has 24 heteroatoms. The van der Waals surface area contributed by atoms with Gasteiger partial charge in [-0.1, -0.05) is 0 Å². The molecule has 0 aliphatic rings. The lowest BCUT2D eigenvalue weighted by molar-refractivity contribution is -0.458. The number of rotatable bonds is 11. The SMILES string of the molecule is O=S(=O)(OCCOC(F)C(F)(F)C(F)(F)C(F)(F)C(F)(F)C(F)(F)C(F)(F)C(F)(F)F)C(F)(F)F. The van der Waals surface area contributed by atoms with E-state index in [1.807, 2.05) is 0 Å². The summed E-state index contributed by atoms with van der Waals surface area (Å²) in [6.07, 6.45) is -13.3. The summed E-state index contributed by atoms with van der Waals surface area (Å²) in [5.41, 5.74) is -6.20. The molecule has 0 saturated carbocycles. The van der Waals surface area contributed by atoms with Crippen LogP contribution in [0.3, 0.4) is 0 Å². The quantitative estimate of drug-likeness (QED) is 0.137. The first-order valence-electron chi connectivity index (χ1n) is 7.43. The fraction of sp³-hybridized carbons (Fsp3) is 1.00. The third kappa shape index (κ3) is 5.32. The van der Waals surface area contributed by atoms with Gasteiger partial charge in [0.2, 0.25) is 0 Å². The van der Waals surface area contributed by atoms with Crippen LogP contribution in [0.2, 0.25) is 0 Å². The molecular weight excluding hydrogens is 589 g/mol. The van der Waals surface area contributed by atoms with Crippen molar-refractivity contribution in [1.82, 2.24) is 0 Å². The molecule has 0 fully saturated rings. The Kier molecular flexibility index (Phi) is 8.75. The van der Waals surface area contributed by atoms with Gasteiger partial charge in [0.25, 0.3) is 6.36 Å². The molecule has 0 saturated heterocycles. The van der Waals surface area contributed by atoms with Gasteiger partial charge in [-0.05, 0) is 0 Å². The second-order valence-corrected chi connectivity index (χ2v) is 7.51. The summed E-state index contributed by atoms with van der Waals surface area (Å²) < 4.78 is 269. The maximum Gasteiger partial charge on any atom is 0.523 e. The number of hydrogen-bond donors (Lipinski definition) is 0. The third-order valence-corrected chi connectivity index (χ3v) is 4.55.